The molecule has 3 aromatic carbocycles. The van der Waals surface area contributed by atoms with Crippen molar-refractivity contribution >= 4 is 11.6 Å². The lowest BCUT2D eigenvalue weighted by Gasteiger charge is -2.18. The lowest BCUT2D eigenvalue weighted by atomic mass is 9.94. The quantitative estimate of drug-likeness (QED) is 0.649. The number of amides is 1. The van der Waals surface area contributed by atoms with Crippen LogP contribution in [0.2, 0.25) is 0 Å². The maximum atomic E-state index is 13.3. The van der Waals surface area contributed by atoms with Crippen LogP contribution in [0.25, 0.3) is 11.1 Å². The summed E-state index contributed by atoms with van der Waals surface area (Å²) in [6, 6.07) is 19.7. The van der Waals surface area contributed by atoms with Crippen LogP contribution < -0.4 is 19.5 Å². The molecule has 5 heteroatoms. The van der Waals surface area contributed by atoms with E-state index in [1.807, 2.05) is 48.5 Å². The molecule has 0 saturated heterocycles. The Balaban J connectivity index is 1.44. The summed E-state index contributed by atoms with van der Waals surface area (Å²) in [6.45, 7) is 2.30. The molecule has 5 nitrogen and oxygen atoms in total. The summed E-state index contributed by atoms with van der Waals surface area (Å²) in [5.41, 5.74) is 4.41. The number of ether oxygens (including phenoxy) is 3. The largest absolute Gasteiger partial charge is 0.496 e. The molecule has 3 aromatic rings. The Hall–Kier alpha value is -3.47. The number of hydrogen-bond acceptors (Lipinski definition) is 4. The van der Waals surface area contributed by atoms with Gasteiger partial charge >= 0.3 is 0 Å². The van der Waals surface area contributed by atoms with Crippen LogP contribution in [0.1, 0.15) is 24.0 Å². The number of aryl methyl sites for hydroxylation is 1. The van der Waals surface area contributed by atoms with Crippen molar-refractivity contribution in [1.82, 2.24) is 0 Å². The Labute approximate surface area is 175 Å². The van der Waals surface area contributed by atoms with Crippen molar-refractivity contribution in [1.29, 1.82) is 0 Å². The number of methoxy groups -OCH3 is 1. The number of benzene rings is 3. The van der Waals surface area contributed by atoms with E-state index in [-0.39, 0.29) is 12.7 Å². The molecule has 152 valence electrons. The van der Waals surface area contributed by atoms with E-state index in [0.717, 1.165) is 52.3 Å². The molecule has 1 amide bonds. The average molecular weight is 401 g/mol. The first-order valence-electron chi connectivity index (χ1n) is 10.1. The van der Waals surface area contributed by atoms with Crippen LogP contribution in [0.5, 0.6) is 17.2 Å². The van der Waals surface area contributed by atoms with E-state index in [0.29, 0.717) is 5.75 Å². The molecule has 1 aliphatic carbocycles. The SMILES string of the molecule is COc1ccc(NC(=O)C2(c3ccc4c(c3)OCO4)CC2)cc1-c1ccccc1C. The average Bonchev–Trinajstić information content (AvgIpc) is 3.45. The van der Waals surface area contributed by atoms with Crippen LogP contribution in [-0.2, 0) is 10.2 Å². The summed E-state index contributed by atoms with van der Waals surface area (Å²) in [7, 11) is 1.66. The number of anilines is 1. The number of carbonyl (C=O) groups is 1. The van der Waals surface area contributed by atoms with E-state index in [1.54, 1.807) is 7.11 Å². The molecule has 1 heterocycles. The Morgan fingerprint density at radius 1 is 0.967 bits per heavy atom. The Kier molecular flexibility index (Phi) is 4.39. The number of carbonyl (C=O) groups excluding carboxylic acids is 1. The monoisotopic (exact) mass is 401 g/mol. The van der Waals surface area contributed by atoms with Gasteiger partial charge in [0.2, 0.25) is 12.7 Å². The summed E-state index contributed by atoms with van der Waals surface area (Å²) >= 11 is 0. The fraction of sp³-hybridized carbons (Fsp3) is 0.240. The second kappa shape index (κ2) is 7.10. The van der Waals surface area contributed by atoms with E-state index in [2.05, 4.69) is 24.4 Å². The minimum atomic E-state index is -0.510. The first-order valence-corrected chi connectivity index (χ1v) is 10.1. The molecule has 0 aromatic heterocycles. The van der Waals surface area contributed by atoms with Crippen molar-refractivity contribution in [3.05, 3.63) is 71.8 Å². The highest BCUT2D eigenvalue weighted by atomic mass is 16.7. The predicted molar refractivity (Wildman–Crippen MR) is 115 cm³/mol. The van der Waals surface area contributed by atoms with Gasteiger partial charge in [-0.15, -0.1) is 0 Å². The van der Waals surface area contributed by atoms with Crippen molar-refractivity contribution < 1.29 is 19.0 Å². The van der Waals surface area contributed by atoms with Gasteiger partial charge in [0.25, 0.3) is 0 Å². The summed E-state index contributed by atoms with van der Waals surface area (Å²) in [6.07, 6.45) is 1.64. The van der Waals surface area contributed by atoms with Gasteiger partial charge in [-0.1, -0.05) is 30.3 Å². The lowest BCUT2D eigenvalue weighted by Crippen LogP contribution is -2.27. The molecular weight excluding hydrogens is 378 g/mol. The fourth-order valence-corrected chi connectivity index (χ4v) is 4.09. The molecule has 0 radical (unpaired) electrons. The fourth-order valence-electron chi connectivity index (χ4n) is 4.09. The molecule has 1 aliphatic heterocycles. The molecule has 2 aliphatic rings. The smallest absolute Gasteiger partial charge is 0.235 e. The topological polar surface area (TPSA) is 56.8 Å². The molecule has 1 N–H and O–H groups in total. The van der Waals surface area contributed by atoms with E-state index < -0.39 is 5.41 Å². The molecule has 0 atom stereocenters. The molecule has 30 heavy (non-hydrogen) atoms. The van der Waals surface area contributed by atoms with Crippen molar-refractivity contribution in [3.8, 4) is 28.4 Å². The zero-order valence-corrected chi connectivity index (χ0v) is 17.0. The van der Waals surface area contributed by atoms with Gasteiger partial charge in [-0.25, -0.2) is 0 Å². The molecule has 0 bridgehead atoms. The third-order valence-corrected chi connectivity index (χ3v) is 6.00. The van der Waals surface area contributed by atoms with Gasteiger partial charge in [-0.3, -0.25) is 4.79 Å². The standard InChI is InChI=1S/C25H23NO4/c1-16-5-3-4-6-19(16)20-14-18(8-10-21(20)28-2)26-24(27)25(11-12-25)17-7-9-22-23(13-17)30-15-29-22/h3-10,13-14H,11-12,15H2,1-2H3,(H,26,27). The van der Waals surface area contributed by atoms with Crippen molar-refractivity contribution in [2.75, 3.05) is 19.2 Å². The Bertz CT molecular complexity index is 1130. The van der Waals surface area contributed by atoms with Gasteiger partial charge < -0.3 is 19.5 Å². The number of hydrogen-bond donors (Lipinski definition) is 1. The second-order valence-corrected chi connectivity index (χ2v) is 7.83. The molecule has 1 saturated carbocycles. The summed E-state index contributed by atoms with van der Waals surface area (Å²) < 4.78 is 16.5. The highest BCUT2D eigenvalue weighted by Gasteiger charge is 2.51. The third-order valence-electron chi connectivity index (χ3n) is 6.00. The highest BCUT2D eigenvalue weighted by Crippen LogP contribution is 2.51. The van der Waals surface area contributed by atoms with Gasteiger partial charge in [0.1, 0.15) is 5.75 Å². The van der Waals surface area contributed by atoms with Gasteiger partial charge in [-0.05, 0) is 66.8 Å². The van der Waals surface area contributed by atoms with E-state index in [4.69, 9.17) is 14.2 Å². The normalized spacial score (nSPS) is 15.5. The molecule has 0 spiro atoms. The molecule has 1 fully saturated rings. The van der Waals surface area contributed by atoms with Gasteiger partial charge in [-0.2, -0.15) is 0 Å². The van der Waals surface area contributed by atoms with Crippen LogP contribution in [-0.4, -0.2) is 19.8 Å². The zero-order valence-electron chi connectivity index (χ0n) is 17.0. The van der Waals surface area contributed by atoms with Crippen molar-refractivity contribution in [2.45, 2.75) is 25.2 Å². The van der Waals surface area contributed by atoms with Crippen molar-refractivity contribution in [2.24, 2.45) is 0 Å². The van der Waals surface area contributed by atoms with Crippen LogP contribution >= 0.6 is 0 Å². The Morgan fingerprint density at radius 2 is 1.77 bits per heavy atom. The summed E-state index contributed by atoms with van der Waals surface area (Å²) in [4.78, 5) is 13.3. The van der Waals surface area contributed by atoms with Gasteiger partial charge in [0.15, 0.2) is 11.5 Å². The van der Waals surface area contributed by atoms with Crippen LogP contribution in [0.4, 0.5) is 5.69 Å². The maximum Gasteiger partial charge on any atom is 0.235 e. The number of nitrogens with one attached hydrogen (secondary N) is 1. The van der Waals surface area contributed by atoms with Crippen LogP contribution in [0.3, 0.4) is 0 Å². The first-order chi connectivity index (χ1) is 14.6. The summed E-state index contributed by atoms with van der Waals surface area (Å²) in [5.74, 6) is 2.22. The second-order valence-electron chi connectivity index (χ2n) is 7.83. The maximum absolute atomic E-state index is 13.3. The molecule has 0 unspecified atom stereocenters. The highest BCUT2D eigenvalue weighted by molar-refractivity contribution is 6.02. The van der Waals surface area contributed by atoms with E-state index in [1.165, 1.54) is 0 Å². The minimum absolute atomic E-state index is 0.00210. The third kappa shape index (κ3) is 3.07. The number of rotatable bonds is 5. The van der Waals surface area contributed by atoms with Crippen molar-refractivity contribution in [3.63, 3.8) is 0 Å². The Morgan fingerprint density at radius 3 is 2.53 bits per heavy atom. The van der Waals surface area contributed by atoms with Crippen LogP contribution in [0, 0.1) is 6.92 Å². The lowest BCUT2D eigenvalue weighted by molar-refractivity contribution is -0.118. The summed E-state index contributed by atoms with van der Waals surface area (Å²) in [5, 5.41) is 3.13. The van der Waals surface area contributed by atoms with E-state index in [9.17, 15) is 4.79 Å². The van der Waals surface area contributed by atoms with E-state index >= 15 is 0 Å². The van der Waals surface area contributed by atoms with Crippen LogP contribution in [0.15, 0.2) is 60.7 Å². The molecule has 5 rings (SSSR count). The molecular formula is C25H23NO4. The van der Waals surface area contributed by atoms with Gasteiger partial charge in [0, 0.05) is 11.3 Å². The zero-order chi connectivity index (χ0) is 20.7. The van der Waals surface area contributed by atoms with Gasteiger partial charge in [0.05, 0.1) is 12.5 Å². The number of fused-ring (bicyclic) bond motifs is 1. The minimum Gasteiger partial charge on any atom is -0.496 e. The first kappa shape index (κ1) is 18.6. The predicted octanol–water partition coefficient (Wildman–Crippen LogP) is 5.07.